The zero-order chi connectivity index (χ0) is 11.7. The maximum atomic E-state index is 10.7. The average molecular weight is 220 g/mol. The van der Waals surface area contributed by atoms with Gasteiger partial charge in [-0.05, 0) is 26.0 Å². The van der Waals surface area contributed by atoms with E-state index in [1.54, 1.807) is 12.3 Å². The minimum absolute atomic E-state index is 0.0420. The van der Waals surface area contributed by atoms with Gasteiger partial charge in [0.2, 0.25) is 5.76 Å². The van der Waals surface area contributed by atoms with Crippen LogP contribution in [-0.2, 0) is 0 Å². The van der Waals surface area contributed by atoms with Crippen LogP contribution in [0.5, 0.6) is 0 Å². The highest BCUT2D eigenvalue weighted by molar-refractivity contribution is 5.84. The molecule has 0 amide bonds. The van der Waals surface area contributed by atoms with Crippen LogP contribution in [0.25, 0.3) is 0 Å². The highest BCUT2D eigenvalue weighted by Gasteiger charge is 2.16. The number of hydrogen-bond acceptors (Lipinski definition) is 3. The van der Waals surface area contributed by atoms with Crippen LogP contribution in [0.1, 0.15) is 35.1 Å². The van der Waals surface area contributed by atoms with E-state index >= 15 is 0 Å². The fourth-order valence-corrected chi connectivity index (χ4v) is 1.63. The second kappa shape index (κ2) is 3.84. The summed E-state index contributed by atoms with van der Waals surface area (Å²) in [6.07, 6.45) is 3.54. The highest BCUT2D eigenvalue weighted by Crippen LogP contribution is 2.21. The zero-order valence-electron chi connectivity index (χ0n) is 9.04. The number of carboxylic acids is 1. The van der Waals surface area contributed by atoms with Gasteiger partial charge in [0.25, 0.3) is 0 Å². The van der Waals surface area contributed by atoms with Crippen LogP contribution in [0, 0.1) is 6.92 Å². The number of rotatable bonds is 3. The molecule has 0 aliphatic rings. The van der Waals surface area contributed by atoms with E-state index in [4.69, 9.17) is 9.52 Å². The van der Waals surface area contributed by atoms with Gasteiger partial charge in [-0.2, -0.15) is 0 Å². The Morgan fingerprint density at radius 2 is 2.31 bits per heavy atom. The summed E-state index contributed by atoms with van der Waals surface area (Å²) in [5.74, 6) is 0.375. The SMILES string of the molecule is Cc1nccn1C(C)c1ccc(C(=O)O)o1. The number of aromatic carboxylic acids is 1. The largest absolute Gasteiger partial charge is 0.475 e. The number of nitrogens with zero attached hydrogens (tertiary/aromatic N) is 2. The second-order valence-electron chi connectivity index (χ2n) is 3.56. The smallest absolute Gasteiger partial charge is 0.371 e. The Bertz CT molecular complexity index is 513. The fourth-order valence-electron chi connectivity index (χ4n) is 1.63. The van der Waals surface area contributed by atoms with Crippen molar-refractivity contribution in [2.45, 2.75) is 19.9 Å². The van der Waals surface area contributed by atoms with Crippen molar-refractivity contribution in [1.29, 1.82) is 0 Å². The van der Waals surface area contributed by atoms with Gasteiger partial charge in [-0.1, -0.05) is 0 Å². The lowest BCUT2D eigenvalue weighted by Crippen LogP contribution is -2.06. The van der Waals surface area contributed by atoms with Gasteiger partial charge in [0.05, 0.1) is 6.04 Å². The van der Waals surface area contributed by atoms with Crippen LogP contribution >= 0.6 is 0 Å². The molecule has 0 spiro atoms. The lowest BCUT2D eigenvalue weighted by molar-refractivity contribution is 0.0659. The molecule has 2 heterocycles. The maximum absolute atomic E-state index is 10.7. The molecule has 0 fully saturated rings. The number of carboxylic acid groups (broad SMARTS) is 1. The van der Waals surface area contributed by atoms with Crippen LogP contribution in [0.2, 0.25) is 0 Å². The monoisotopic (exact) mass is 220 g/mol. The summed E-state index contributed by atoms with van der Waals surface area (Å²) in [6.45, 7) is 3.82. The normalized spacial score (nSPS) is 12.6. The van der Waals surface area contributed by atoms with E-state index in [1.165, 1.54) is 6.07 Å². The topological polar surface area (TPSA) is 68.3 Å². The third-order valence-corrected chi connectivity index (χ3v) is 2.53. The molecule has 0 saturated heterocycles. The number of imidazole rings is 1. The Morgan fingerprint density at radius 3 is 2.81 bits per heavy atom. The lowest BCUT2D eigenvalue weighted by Gasteiger charge is -2.11. The third-order valence-electron chi connectivity index (χ3n) is 2.53. The molecule has 0 aliphatic heterocycles. The summed E-state index contributed by atoms with van der Waals surface area (Å²) >= 11 is 0. The number of aryl methyl sites for hydroxylation is 1. The van der Waals surface area contributed by atoms with Crippen molar-refractivity contribution >= 4 is 5.97 Å². The quantitative estimate of drug-likeness (QED) is 0.859. The molecule has 0 aliphatic carbocycles. The van der Waals surface area contributed by atoms with E-state index in [-0.39, 0.29) is 11.8 Å². The molecular formula is C11H12N2O3. The average Bonchev–Trinajstić information content (AvgIpc) is 2.84. The number of carbonyl (C=O) groups is 1. The fraction of sp³-hybridized carbons (Fsp3) is 0.273. The van der Waals surface area contributed by atoms with Crippen molar-refractivity contribution < 1.29 is 14.3 Å². The van der Waals surface area contributed by atoms with Crippen LogP contribution in [0.4, 0.5) is 0 Å². The Hall–Kier alpha value is -2.04. The summed E-state index contributed by atoms with van der Waals surface area (Å²) < 4.78 is 7.16. The number of aromatic nitrogens is 2. The predicted molar refractivity (Wildman–Crippen MR) is 56.4 cm³/mol. The molecule has 2 rings (SSSR count). The van der Waals surface area contributed by atoms with E-state index in [0.717, 1.165) is 5.82 Å². The Balaban J connectivity index is 2.31. The van der Waals surface area contributed by atoms with Gasteiger partial charge in [-0.25, -0.2) is 9.78 Å². The first-order chi connectivity index (χ1) is 7.59. The van der Waals surface area contributed by atoms with E-state index in [0.29, 0.717) is 5.76 Å². The molecule has 1 N–H and O–H groups in total. The van der Waals surface area contributed by atoms with Crippen molar-refractivity contribution in [1.82, 2.24) is 9.55 Å². The Kier molecular flexibility index (Phi) is 2.52. The molecule has 84 valence electrons. The molecule has 16 heavy (non-hydrogen) atoms. The molecule has 2 aromatic rings. The van der Waals surface area contributed by atoms with Crippen LogP contribution in [0.15, 0.2) is 28.9 Å². The van der Waals surface area contributed by atoms with Crippen LogP contribution in [-0.4, -0.2) is 20.6 Å². The van der Waals surface area contributed by atoms with Gasteiger partial charge in [-0.15, -0.1) is 0 Å². The van der Waals surface area contributed by atoms with Gasteiger partial charge >= 0.3 is 5.97 Å². The first kappa shape index (κ1) is 10.5. The molecule has 5 heteroatoms. The van der Waals surface area contributed by atoms with E-state index < -0.39 is 5.97 Å². The Labute approximate surface area is 92.3 Å². The van der Waals surface area contributed by atoms with Gasteiger partial charge in [0.1, 0.15) is 11.6 Å². The van der Waals surface area contributed by atoms with Gasteiger partial charge in [0, 0.05) is 12.4 Å². The first-order valence-electron chi connectivity index (χ1n) is 4.92. The summed E-state index contributed by atoms with van der Waals surface area (Å²) in [4.78, 5) is 14.8. The van der Waals surface area contributed by atoms with Gasteiger partial charge in [-0.3, -0.25) is 0 Å². The molecule has 2 aromatic heterocycles. The molecular weight excluding hydrogens is 208 g/mol. The van der Waals surface area contributed by atoms with Crippen molar-refractivity contribution in [3.63, 3.8) is 0 Å². The minimum atomic E-state index is -1.05. The summed E-state index contributed by atoms with van der Waals surface area (Å²) in [5.41, 5.74) is 0. The second-order valence-corrected chi connectivity index (χ2v) is 3.56. The molecule has 0 saturated carbocycles. The highest BCUT2D eigenvalue weighted by atomic mass is 16.4. The maximum Gasteiger partial charge on any atom is 0.371 e. The lowest BCUT2D eigenvalue weighted by atomic mass is 10.2. The molecule has 5 nitrogen and oxygen atoms in total. The van der Waals surface area contributed by atoms with Crippen molar-refractivity contribution in [3.8, 4) is 0 Å². The van der Waals surface area contributed by atoms with Crippen molar-refractivity contribution in [2.24, 2.45) is 0 Å². The standard InChI is InChI=1S/C11H12N2O3/c1-7(13-6-5-12-8(13)2)9-3-4-10(16-9)11(14)15/h3-7H,1-2H3,(H,14,15). The van der Waals surface area contributed by atoms with Crippen molar-refractivity contribution in [2.75, 3.05) is 0 Å². The molecule has 0 aromatic carbocycles. The molecule has 0 bridgehead atoms. The van der Waals surface area contributed by atoms with Gasteiger partial charge < -0.3 is 14.1 Å². The minimum Gasteiger partial charge on any atom is -0.475 e. The first-order valence-corrected chi connectivity index (χ1v) is 4.92. The number of furan rings is 1. The summed E-state index contributed by atoms with van der Waals surface area (Å²) in [7, 11) is 0. The van der Waals surface area contributed by atoms with Gasteiger partial charge in [0.15, 0.2) is 0 Å². The van der Waals surface area contributed by atoms with E-state index in [2.05, 4.69) is 4.98 Å². The summed E-state index contributed by atoms with van der Waals surface area (Å²) in [5, 5.41) is 8.75. The third kappa shape index (κ3) is 1.71. The molecule has 0 radical (unpaired) electrons. The number of hydrogen-bond donors (Lipinski definition) is 1. The van der Waals surface area contributed by atoms with E-state index in [1.807, 2.05) is 24.6 Å². The molecule has 1 atom stereocenters. The molecule has 1 unspecified atom stereocenters. The Morgan fingerprint density at radius 1 is 1.56 bits per heavy atom. The van der Waals surface area contributed by atoms with E-state index in [9.17, 15) is 4.79 Å². The summed E-state index contributed by atoms with van der Waals surface area (Å²) in [6, 6.07) is 3.07. The van der Waals surface area contributed by atoms with Crippen LogP contribution in [0.3, 0.4) is 0 Å². The zero-order valence-corrected chi connectivity index (χ0v) is 9.04. The van der Waals surface area contributed by atoms with Crippen molar-refractivity contribution in [3.05, 3.63) is 41.9 Å². The van der Waals surface area contributed by atoms with Crippen LogP contribution < -0.4 is 0 Å². The predicted octanol–water partition coefficient (Wildman–Crippen LogP) is 2.09.